The van der Waals surface area contributed by atoms with Gasteiger partial charge in [0, 0.05) is 11.0 Å². The highest BCUT2D eigenvalue weighted by molar-refractivity contribution is 5.77. The van der Waals surface area contributed by atoms with Gasteiger partial charge < -0.3 is 19.1 Å². The van der Waals surface area contributed by atoms with Crippen LogP contribution in [0.5, 0.6) is 0 Å². The van der Waals surface area contributed by atoms with Crippen LogP contribution < -0.4 is 0 Å². The number of halogens is 1. The van der Waals surface area contributed by atoms with Gasteiger partial charge in [0.25, 0.3) is 0 Å². The summed E-state index contributed by atoms with van der Waals surface area (Å²) in [6.07, 6.45) is 2.25. The van der Waals surface area contributed by atoms with Crippen molar-refractivity contribution >= 4 is 11.9 Å². The second kappa shape index (κ2) is 9.74. The first-order valence-corrected chi connectivity index (χ1v) is 12.6. The molecule has 2 aliphatic heterocycles. The molecule has 194 valence electrons. The van der Waals surface area contributed by atoms with E-state index in [2.05, 4.69) is 5.16 Å². The van der Waals surface area contributed by atoms with Gasteiger partial charge in [-0.15, -0.1) is 0 Å². The fourth-order valence-corrected chi connectivity index (χ4v) is 5.65. The van der Waals surface area contributed by atoms with Gasteiger partial charge in [0.05, 0.1) is 36.3 Å². The number of aryl methyl sites for hydroxylation is 1. The van der Waals surface area contributed by atoms with E-state index in [1.165, 1.54) is 6.07 Å². The summed E-state index contributed by atoms with van der Waals surface area (Å²) in [5.41, 5.74) is 1.99. The van der Waals surface area contributed by atoms with E-state index in [1.54, 1.807) is 19.9 Å². The fourth-order valence-electron chi connectivity index (χ4n) is 5.65. The van der Waals surface area contributed by atoms with Crippen molar-refractivity contribution in [2.45, 2.75) is 69.5 Å². The van der Waals surface area contributed by atoms with Crippen LogP contribution >= 0.6 is 0 Å². The van der Waals surface area contributed by atoms with Crippen LogP contribution in [-0.4, -0.2) is 34.4 Å². The van der Waals surface area contributed by atoms with Crippen molar-refractivity contribution in [3.8, 4) is 11.3 Å². The molecule has 6 rings (SSSR count). The molecule has 0 radical (unpaired) electrons. The topological polar surface area (TPSA) is 98.9 Å². The lowest BCUT2D eigenvalue weighted by molar-refractivity contribution is -0.175. The molecule has 8 heteroatoms. The van der Waals surface area contributed by atoms with Gasteiger partial charge in [-0.1, -0.05) is 41.6 Å². The molecule has 2 saturated heterocycles. The number of carboxylic acids is 1. The highest BCUT2D eigenvalue weighted by Gasteiger charge is 2.51. The molecule has 1 aromatic heterocycles. The quantitative estimate of drug-likeness (QED) is 0.391. The minimum absolute atomic E-state index is 0.00341. The maximum atomic E-state index is 15.5. The summed E-state index contributed by atoms with van der Waals surface area (Å²) in [6.45, 7) is 3.89. The van der Waals surface area contributed by atoms with Crippen molar-refractivity contribution in [3.05, 3.63) is 76.7 Å². The van der Waals surface area contributed by atoms with Crippen molar-refractivity contribution in [3.63, 3.8) is 0 Å². The van der Waals surface area contributed by atoms with Gasteiger partial charge in [-0.2, -0.15) is 0 Å². The van der Waals surface area contributed by atoms with Crippen molar-refractivity contribution in [2.75, 3.05) is 6.61 Å². The number of esters is 1. The normalized spacial score (nSPS) is 23.5. The second-order valence-corrected chi connectivity index (χ2v) is 10.3. The summed E-state index contributed by atoms with van der Waals surface area (Å²) < 4.78 is 32.6. The Morgan fingerprint density at radius 3 is 2.49 bits per heavy atom. The average Bonchev–Trinajstić information content (AvgIpc) is 3.24. The second-order valence-electron chi connectivity index (χ2n) is 10.3. The van der Waals surface area contributed by atoms with Gasteiger partial charge in [0.15, 0.2) is 5.76 Å². The lowest BCUT2D eigenvalue weighted by Gasteiger charge is -2.53. The van der Waals surface area contributed by atoms with E-state index in [-0.39, 0.29) is 29.6 Å². The molecule has 0 amide bonds. The number of benzene rings is 2. The molecule has 1 aliphatic carbocycles. The molecule has 1 saturated carbocycles. The SMILES string of the molecule is Cc1noc(-c2ccc(C34CCC(CC(=O)O)(CC3)OC4)cc2F)c1CC(=O)O[C@H](C)c1ccccc1. The smallest absolute Gasteiger partial charge is 0.311 e. The third-order valence-electron chi connectivity index (χ3n) is 7.96. The van der Waals surface area contributed by atoms with E-state index in [1.807, 2.05) is 36.4 Å². The fraction of sp³-hybridized carbons (Fsp3) is 0.414. The first kappa shape index (κ1) is 25.1. The molecule has 3 aliphatic rings. The lowest BCUT2D eigenvalue weighted by Crippen LogP contribution is -2.54. The summed E-state index contributed by atoms with van der Waals surface area (Å²) >= 11 is 0. The monoisotopic (exact) mass is 507 g/mol. The first-order chi connectivity index (χ1) is 17.7. The van der Waals surface area contributed by atoms with Crippen LogP contribution in [0.1, 0.15) is 67.5 Å². The zero-order valence-electron chi connectivity index (χ0n) is 21.0. The molecule has 0 unspecified atom stereocenters. The predicted octanol–water partition coefficient (Wildman–Crippen LogP) is 5.69. The number of hydrogen-bond donors (Lipinski definition) is 1. The molecule has 37 heavy (non-hydrogen) atoms. The largest absolute Gasteiger partial charge is 0.481 e. The Morgan fingerprint density at radius 1 is 1.14 bits per heavy atom. The zero-order chi connectivity index (χ0) is 26.2. The summed E-state index contributed by atoms with van der Waals surface area (Å²) in [7, 11) is 0. The van der Waals surface area contributed by atoms with E-state index >= 15 is 4.39 Å². The van der Waals surface area contributed by atoms with Gasteiger partial charge in [0.2, 0.25) is 0 Å². The lowest BCUT2D eigenvalue weighted by atomic mass is 9.62. The predicted molar refractivity (Wildman–Crippen MR) is 132 cm³/mol. The molecular formula is C29H30FNO6. The van der Waals surface area contributed by atoms with Gasteiger partial charge in [-0.05, 0) is 62.8 Å². The highest BCUT2D eigenvalue weighted by atomic mass is 19.1. The summed E-state index contributed by atoms with van der Waals surface area (Å²) in [5, 5.41) is 13.2. The van der Waals surface area contributed by atoms with Gasteiger partial charge >= 0.3 is 11.9 Å². The van der Waals surface area contributed by atoms with Crippen LogP contribution in [0, 0.1) is 12.7 Å². The number of ether oxygens (including phenoxy) is 2. The average molecular weight is 508 g/mol. The Kier molecular flexibility index (Phi) is 6.62. The van der Waals surface area contributed by atoms with Gasteiger partial charge in [0.1, 0.15) is 11.9 Å². The third kappa shape index (κ3) is 4.90. The standard InChI is InChI=1S/C29H30FNO6/c1-18-23(15-26(34)36-19(2)20-6-4-3-5-7-20)27(37-31-18)22-9-8-21(14-24(22)30)28-10-12-29(13-11-28,35-17-28)16-25(32)33/h3-9,14,19H,10-13,15-17H2,1-2H3,(H,32,33)/t19-,28?,29?/m1/s1. The van der Waals surface area contributed by atoms with Crippen LogP contribution in [0.25, 0.3) is 11.3 Å². The molecule has 3 aromatic rings. The maximum absolute atomic E-state index is 15.5. The summed E-state index contributed by atoms with van der Waals surface area (Å²) in [5.74, 6) is -1.57. The number of hydrogen-bond acceptors (Lipinski definition) is 6. The number of aliphatic carboxylic acids is 1. The van der Waals surface area contributed by atoms with E-state index in [0.29, 0.717) is 30.7 Å². The van der Waals surface area contributed by atoms with Crippen molar-refractivity contribution in [1.29, 1.82) is 0 Å². The molecule has 7 nitrogen and oxygen atoms in total. The minimum Gasteiger partial charge on any atom is -0.481 e. The van der Waals surface area contributed by atoms with E-state index in [4.69, 9.17) is 14.0 Å². The molecular weight excluding hydrogens is 477 g/mol. The van der Waals surface area contributed by atoms with Gasteiger partial charge in [-0.3, -0.25) is 9.59 Å². The molecule has 2 bridgehead atoms. The van der Waals surface area contributed by atoms with Crippen LogP contribution in [0.3, 0.4) is 0 Å². The summed E-state index contributed by atoms with van der Waals surface area (Å²) in [6, 6.07) is 14.5. The number of nitrogens with zero attached hydrogens (tertiary/aromatic N) is 1. The first-order valence-electron chi connectivity index (χ1n) is 12.6. The number of fused-ring (bicyclic) bond motifs is 3. The molecule has 3 fully saturated rings. The van der Waals surface area contributed by atoms with Crippen LogP contribution in [0.15, 0.2) is 53.1 Å². The van der Waals surface area contributed by atoms with Crippen molar-refractivity contribution < 1.29 is 33.1 Å². The van der Waals surface area contributed by atoms with Gasteiger partial charge in [-0.25, -0.2) is 4.39 Å². The molecule has 3 heterocycles. The van der Waals surface area contributed by atoms with E-state index in [9.17, 15) is 14.7 Å². The highest BCUT2D eigenvalue weighted by Crippen LogP contribution is 2.52. The Hall–Kier alpha value is -3.52. The molecule has 1 atom stereocenters. The number of rotatable bonds is 8. The van der Waals surface area contributed by atoms with Crippen molar-refractivity contribution in [2.24, 2.45) is 0 Å². The Balaban J connectivity index is 1.33. The molecule has 0 spiro atoms. The van der Waals surface area contributed by atoms with Crippen LogP contribution in [0.2, 0.25) is 0 Å². The van der Waals surface area contributed by atoms with Crippen molar-refractivity contribution in [1.82, 2.24) is 5.16 Å². The number of carboxylic acid groups (broad SMARTS) is 1. The van der Waals surface area contributed by atoms with Crippen LogP contribution in [-0.2, 0) is 30.9 Å². The van der Waals surface area contributed by atoms with E-state index in [0.717, 1.165) is 24.0 Å². The summed E-state index contributed by atoms with van der Waals surface area (Å²) in [4.78, 5) is 24.0. The minimum atomic E-state index is -0.860. The van der Waals surface area contributed by atoms with E-state index < -0.39 is 29.5 Å². The molecule has 1 N–H and O–H groups in total. The number of carbonyl (C=O) groups is 2. The molecule has 2 aromatic carbocycles. The Labute approximate surface area is 214 Å². The number of aromatic nitrogens is 1. The zero-order valence-corrected chi connectivity index (χ0v) is 21.0. The maximum Gasteiger partial charge on any atom is 0.311 e. The number of carbonyl (C=O) groups excluding carboxylic acids is 1. The Morgan fingerprint density at radius 2 is 1.86 bits per heavy atom. The van der Waals surface area contributed by atoms with Crippen LogP contribution in [0.4, 0.5) is 4.39 Å². The Bertz CT molecular complexity index is 1290. The third-order valence-corrected chi connectivity index (χ3v) is 7.96.